The molecule has 1 amide bonds. The number of likely N-dealkylation sites (tertiary alicyclic amines) is 1. The van der Waals surface area contributed by atoms with Crippen molar-refractivity contribution >= 4 is 50.8 Å². The lowest BCUT2D eigenvalue weighted by Crippen LogP contribution is -2.26. The molecule has 12 heteroatoms. The lowest BCUT2D eigenvalue weighted by molar-refractivity contribution is 0.153. The molecule has 10 nitrogen and oxygen atoms in total. The molecule has 0 saturated carbocycles. The lowest BCUT2D eigenvalue weighted by Gasteiger charge is -2.14. The molecule has 0 bridgehead atoms. The highest BCUT2D eigenvalue weighted by Crippen LogP contribution is 2.43. The summed E-state index contributed by atoms with van der Waals surface area (Å²) in [6.07, 6.45) is 2.24. The first-order chi connectivity index (χ1) is 15.0. The molecule has 1 saturated heterocycles. The number of benzene rings is 1. The SMILES string of the molecule is Nc1ncnc2c1nc(Sc1cc3c(cc1Br)OCO3)n2CCC1CCN(C(=O)O)C1. The summed E-state index contributed by atoms with van der Waals surface area (Å²) in [4.78, 5) is 26.8. The van der Waals surface area contributed by atoms with E-state index in [2.05, 4.69) is 25.9 Å². The minimum absolute atomic E-state index is 0.204. The second-order valence-corrected chi connectivity index (χ2v) is 9.25. The van der Waals surface area contributed by atoms with Crippen molar-refractivity contribution in [2.24, 2.45) is 5.92 Å². The highest BCUT2D eigenvalue weighted by molar-refractivity contribution is 9.10. The molecule has 0 radical (unpaired) electrons. The van der Waals surface area contributed by atoms with Crippen molar-refractivity contribution in [2.45, 2.75) is 29.4 Å². The number of fused-ring (bicyclic) bond motifs is 2. The van der Waals surface area contributed by atoms with Gasteiger partial charge in [0.05, 0.1) is 0 Å². The molecule has 5 rings (SSSR count). The van der Waals surface area contributed by atoms with Gasteiger partial charge >= 0.3 is 6.09 Å². The summed E-state index contributed by atoms with van der Waals surface area (Å²) in [6.45, 7) is 1.98. The first kappa shape index (κ1) is 20.2. The molecule has 2 aliphatic heterocycles. The molecule has 1 unspecified atom stereocenters. The Morgan fingerprint density at radius 2 is 2.13 bits per heavy atom. The van der Waals surface area contributed by atoms with Crippen LogP contribution in [0.15, 0.2) is 33.0 Å². The molecule has 31 heavy (non-hydrogen) atoms. The number of carboxylic acid groups (broad SMARTS) is 1. The minimum atomic E-state index is -0.861. The van der Waals surface area contributed by atoms with E-state index in [1.165, 1.54) is 23.0 Å². The number of hydrogen-bond acceptors (Lipinski definition) is 8. The number of aryl methyl sites for hydroxylation is 1. The third-order valence-electron chi connectivity index (χ3n) is 5.47. The number of amides is 1. The maximum atomic E-state index is 11.2. The molecule has 3 aromatic rings. The fraction of sp³-hybridized carbons (Fsp3) is 0.368. The van der Waals surface area contributed by atoms with Gasteiger partial charge in [0, 0.05) is 29.0 Å². The van der Waals surface area contributed by atoms with E-state index in [0.29, 0.717) is 54.0 Å². The standard InChI is InChI=1S/C19H19BrN6O4S/c20-11-5-12-13(30-9-29-12)6-14(11)31-18-24-15-16(21)22-8-23-17(15)26(18)4-2-10-1-3-25(7-10)19(27)28/h5-6,8,10H,1-4,7,9H2,(H,27,28)(H2,21,22,23). The lowest BCUT2D eigenvalue weighted by atomic mass is 10.1. The van der Waals surface area contributed by atoms with E-state index in [9.17, 15) is 9.90 Å². The van der Waals surface area contributed by atoms with Crippen LogP contribution in [-0.2, 0) is 6.54 Å². The van der Waals surface area contributed by atoms with Crippen molar-refractivity contribution in [1.82, 2.24) is 24.4 Å². The number of nitrogens with zero attached hydrogens (tertiary/aromatic N) is 5. The Labute approximate surface area is 189 Å². The Bertz CT molecular complexity index is 1170. The third-order valence-corrected chi connectivity index (χ3v) is 7.44. The number of rotatable bonds is 5. The summed E-state index contributed by atoms with van der Waals surface area (Å²) in [5, 5.41) is 9.94. The average Bonchev–Trinajstić information content (AvgIpc) is 3.46. The van der Waals surface area contributed by atoms with Gasteiger partial charge in [0.15, 0.2) is 33.6 Å². The summed E-state index contributed by atoms with van der Waals surface area (Å²) in [5.41, 5.74) is 7.27. The van der Waals surface area contributed by atoms with Crippen molar-refractivity contribution in [2.75, 3.05) is 25.6 Å². The van der Waals surface area contributed by atoms with Crippen LogP contribution in [0.2, 0.25) is 0 Å². The zero-order chi connectivity index (χ0) is 21.5. The number of halogens is 1. The summed E-state index contributed by atoms with van der Waals surface area (Å²) in [6, 6.07) is 3.79. The Hall–Kier alpha value is -2.73. The van der Waals surface area contributed by atoms with E-state index in [4.69, 9.17) is 20.2 Å². The van der Waals surface area contributed by atoms with Crippen molar-refractivity contribution in [3.63, 3.8) is 0 Å². The first-order valence-corrected chi connectivity index (χ1v) is 11.3. The van der Waals surface area contributed by atoms with E-state index >= 15 is 0 Å². The summed E-state index contributed by atoms with van der Waals surface area (Å²) in [7, 11) is 0. The van der Waals surface area contributed by atoms with Crippen LogP contribution in [0.1, 0.15) is 12.8 Å². The summed E-state index contributed by atoms with van der Waals surface area (Å²) in [5.74, 6) is 2.01. The molecule has 0 aliphatic carbocycles. The van der Waals surface area contributed by atoms with Crippen molar-refractivity contribution in [3.05, 3.63) is 22.9 Å². The molecule has 2 aromatic heterocycles. The fourth-order valence-electron chi connectivity index (χ4n) is 3.84. The van der Waals surface area contributed by atoms with Crippen molar-refractivity contribution < 1.29 is 19.4 Å². The summed E-state index contributed by atoms with van der Waals surface area (Å²) >= 11 is 5.07. The smallest absolute Gasteiger partial charge is 0.407 e. The zero-order valence-corrected chi connectivity index (χ0v) is 18.7. The molecule has 4 heterocycles. The monoisotopic (exact) mass is 506 g/mol. The highest BCUT2D eigenvalue weighted by Gasteiger charge is 2.27. The number of aromatic nitrogens is 4. The third kappa shape index (κ3) is 3.85. The molecule has 1 aromatic carbocycles. The van der Waals surface area contributed by atoms with Gasteiger partial charge in [-0.1, -0.05) is 11.8 Å². The van der Waals surface area contributed by atoms with E-state index < -0.39 is 6.09 Å². The van der Waals surface area contributed by atoms with Crippen LogP contribution in [0.3, 0.4) is 0 Å². The number of hydrogen-bond donors (Lipinski definition) is 2. The van der Waals surface area contributed by atoms with Crippen LogP contribution >= 0.6 is 27.7 Å². The Balaban J connectivity index is 1.44. The largest absolute Gasteiger partial charge is 0.465 e. The normalized spacial score (nSPS) is 17.6. The maximum Gasteiger partial charge on any atom is 0.407 e. The first-order valence-electron chi connectivity index (χ1n) is 9.71. The quantitative estimate of drug-likeness (QED) is 0.534. The van der Waals surface area contributed by atoms with Crippen molar-refractivity contribution in [3.8, 4) is 11.5 Å². The zero-order valence-electron chi connectivity index (χ0n) is 16.3. The van der Waals surface area contributed by atoms with Crippen LogP contribution in [0.4, 0.5) is 10.6 Å². The number of imidazole rings is 1. The average molecular weight is 507 g/mol. The van der Waals surface area contributed by atoms with E-state index in [0.717, 1.165) is 27.4 Å². The van der Waals surface area contributed by atoms with Crippen LogP contribution in [0.5, 0.6) is 11.5 Å². The van der Waals surface area contributed by atoms with E-state index in [-0.39, 0.29) is 6.79 Å². The molecule has 1 atom stereocenters. The van der Waals surface area contributed by atoms with Gasteiger partial charge in [-0.05, 0) is 46.8 Å². The van der Waals surface area contributed by atoms with Crippen LogP contribution in [0.25, 0.3) is 11.2 Å². The molecule has 0 spiro atoms. The van der Waals surface area contributed by atoms with Crippen LogP contribution in [-0.4, -0.2) is 55.5 Å². The van der Waals surface area contributed by atoms with E-state index in [1.54, 1.807) is 0 Å². The van der Waals surface area contributed by atoms with Crippen LogP contribution < -0.4 is 15.2 Å². The summed E-state index contributed by atoms with van der Waals surface area (Å²) < 4.78 is 13.8. The predicted molar refractivity (Wildman–Crippen MR) is 116 cm³/mol. The Morgan fingerprint density at radius 3 is 2.90 bits per heavy atom. The van der Waals surface area contributed by atoms with Gasteiger partial charge in [0.2, 0.25) is 6.79 Å². The van der Waals surface area contributed by atoms with Gasteiger partial charge in [0.1, 0.15) is 6.33 Å². The van der Waals surface area contributed by atoms with Gasteiger partial charge in [-0.25, -0.2) is 19.7 Å². The fourth-order valence-corrected chi connectivity index (χ4v) is 5.35. The number of carbonyl (C=O) groups is 1. The number of nitrogen functional groups attached to an aromatic ring is 1. The molecule has 1 fully saturated rings. The molecule has 3 N–H and O–H groups in total. The van der Waals surface area contributed by atoms with Crippen LogP contribution in [0, 0.1) is 5.92 Å². The maximum absolute atomic E-state index is 11.2. The number of anilines is 1. The minimum Gasteiger partial charge on any atom is -0.465 e. The Morgan fingerprint density at radius 1 is 1.32 bits per heavy atom. The second kappa shape index (κ2) is 8.08. The van der Waals surface area contributed by atoms with Gasteiger partial charge in [-0.15, -0.1) is 0 Å². The molecule has 162 valence electrons. The second-order valence-electron chi connectivity index (χ2n) is 7.39. The van der Waals surface area contributed by atoms with Gasteiger partial charge in [-0.2, -0.15) is 0 Å². The number of ether oxygens (including phenoxy) is 2. The highest BCUT2D eigenvalue weighted by atomic mass is 79.9. The van der Waals surface area contributed by atoms with Gasteiger partial charge < -0.3 is 29.8 Å². The molecule has 2 aliphatic rings. The van der Waals surface area contributed by atoms with Gasteiger partial charge in [-0.3, -0.25) is 0 Å². The van der Waals surface area contributed by atoms with E-state index in [1.807, 2.05) is 16.7 Å². The van der Waals surface area contributed by atoms with Gasteiger partial charge in [0.25, 0.3) is 0 Å². The predicted octanol–water partition coefficient (Wildman–Crippen LogP) is 3.44. The Kier molecular flexibility index (Phi) is 5.26. The molecular weight excluding hydrogens is 488 g/mol. The van der Waals surface area contributed by atoms with Crippen molar-refractivity contribution in [1.29, 1.82) is 0 Å². The topological polar surface area (TPSA) is 129 Å². The molecular formula is C19H19BrN6O4S. The number of nitrogens with two attached hydrogens (primary N) is 1.